The van der Waals surface area contributed by atoms with Gasteiger partial charge in [0, 0.05) is 23.1 Å². The minimum atomic E-state index is -1.62. The Hall–Kier alpha value is -2.86. The maximum atomic E-state index is 11.9. The van der Waals surface area contributed by atoms with Crippen molar-refractivity contribution >= 4 is 23.8 Å². The molecular weight excluding hydrogens is 334 g/mol. The molecule has 1 heterocycles. The third-order valence-corrected chi connectivity index (χ3v) is 5.47. The highest BCUT2D eigenvalue weighted by molar-refractivity contribution is 5.84. The van der Waals surface area contributed by atoms with E-state index in [9.17, 15) is 14.7 Å². The summed E-state index contributed by atoms with van der Waals surface area (Å²) >= 11 is 0. The number of rotatable bonds is 5. The van der Waals surface area contributed by atoms with E-state index in [0.717, 1.165) is 21.6 Å². The van der Waals surface area contributed by atoms with Gasteiger partial charge < -0.3 is 20.7 Å². The largest absolute Gasteiger partial charge is 0.488 e. The molecule has 0 amide bonds. The Morgan fingerprint density at radius 1 is 1.27 bits per heavy atom. The molecule has 6 heteroatoms. The van der Waals surface area contributed by atoms with E-state index in [2.05, 4.69) is 0 Å². The highest BCUT2D eigenvalue weighted by atomic mass is 16.5. The van der Waals surface area contributed by atoms with Crippen LogP contribution in [0.15, 0.2) is 48.1 Å². The number of benzene rings is 1. The van der Waals surface area contributed by atoms with Crippen LogP contribution < -0.4 is 16.2 Å². The van der Waals surface area contributed by atoms with Crippen molar-refractivity contribution in [2.75, 3.05) is 0 Å². The molecule has 134 valence electrons. The summed E-state index contributed by atoms with van der Waals surface area (Å²) in [7, 11) is 0. The van der Waals surface area contributed by atoms with Crippen molar-refractivity contribution in [1.29, 1.82) is 0 Å². The third-order valence-electron chi connectivity index (χ3n) is 5.47. The molecule has 1 saturated carbocycles. The second-order valence-corrected chi connectivity index (χ2v) is 7.09. The van der Waals surface area contributed by atoms with Gasteiger partial charge in [-0.25, -0.2) is 0 Å². The topological polar surface area (TPSA) is 110 Å². The van der Waals surface area contributed by atoms with Gasteiger partial charge in [0.25, 0.3) is 0 Å². The fourth-order valence-electron chi connectivity index (χ4n) is 3.94. The van der Waals surface area contributed by atoms with Gasteiger partial charge >= 0.3 is 11.9 Å². The Morgan fingerprint density at radius 3 is 2.73 bits per heavy atom. The van der Waals surface area contributed by atoms with Gasteiger partial charge in [-0.3, -0.25) is 9.59 Å². The van der Waals surface area contributed by atoms with Crippen LogP contribution >= 0.6 is 0 Å². The van der Waals surface area contributed by atoms with Gasteiger partial charge in [0.15, 0.2) is 0 Å². The van der Waals surface area contributed by atoms with Crippen LogP contribution in [-0.4, -0.2) is 33.8 Å². The number of ether oxygens (including phenoxy) is 1. The Morgan fingerprint density at radius 2 is 2.04 bits per heavy atom. The molecule has 2 aliphatic carbocycles. The highest BCUT2D eigenvalue weighted by Crippen LogP contribution is 2.48. The minimum absolute atomic E-state index is 0.0469. The Bertz CT molecular complexity index is 976. The van der Waals surface area contributed by atoms with Crippen LogP contribution in [0.2, 0.25) is 0 Å². The number of fused-ring (bicyclic) bond motifs is 2. The molecule has 1 aliphatic heterocycles. The smallest absolute Gasteiger partial charge is 0.324 e. The van der Waals surface area contributed by atoms with E-state index in [0.29, 0.717) is 0 Å². The molecule has 0 spiro atoms. The standard InChI is InChI=1S/C20H19NO5/c21-20(19(24)25,16-8-15(16)18(22)23)9-11-5-3-7-14-13-6-2-1-4-12(13)10-26-17(11)14/h1-7,10,15-17H,8-9,21H2,(H,22,23)(H,24,25)/t15-,16-,17?,20+/m0/s1. The number of nitrogens with two attached hydrogens (primary N) is 1. The summed E-state index contributed by atoms with van der Waals surface area (Å²) < 4.78 is 5.87. The summed E-state index contributed by atoms with van der Waals surface area (Å²) in [5.41, 5.74) is 6.30. The fraction of sp³-hybridized carbons (Fsp3) is 0.300. The zero-order chi connectivity index (χ0) is 18.5. The predicted molar refractivity (Wildman–Crippen MR) is 94.1 cm³/mol. The lowest BCUT2D eigenvalue weighted by Gasteiger charge is -2.32. The fourth-order valence-corrected chi connectivity index (χ4v) is 3.94. The summed E-state index contributed by atoms with van der Waals surface area (Å²) in [5, 5.41) is 20.9. The molecule has 1 aromatic carbocycles. The van der Waals surface area contributed by atoms with Crippen LogP contribution in [0, 0.1) is 11.8 Å². The number of carboxylic acid groups (broad SMARTS) is 2. The van der Waals surface area contributed by atoms with Crippen LogP contribution in [0.3, 0.4) is 0 Å². The van der Waals surface area contributed by atoms with Crippen molar-refractivity contribution in [2.45, 2.75) is 24.5 Å². The summed E-state index contributed by atoms with van der Waals surface area (Å²) in [6.07, 6.45) is 7.24. The van der Waals surface area contributed by atoms with E-state index in [1.165, 1.54) is 0 Å². The van der Waals surface area contributed by atoms with Gasteiger partial charge in [-0.15, -0.1) is 0 Å². The lowest BCUT2D eigenvalue weighted by molar-refractivity contribution is -0.145. The first-order chi connectivity index (χ1) is 12.4. The zero-order valence-electron chi connectivity index (χ0n) is 14.0. The molecule has 0 saturated heterocycles. The molecule has 4 atom stereocenters. The lowest BCUT2D eigenvalue weighted by atomic mass is 9.80. The first kappa shape index (κ1) is 16.6. The lowest BCUT2D eigenvalue weighted by Crippen LogP contribution is -2.52. The normalized spacial score (nSPS) is 27.8. The average Bonchev–Trinajstić information content (AvgIpc) is 3.43. The molecule has 1 unspecified atom stereocenters. The van der Waals surface area contributed by atoms with Crippen molar-refractivity contribution in [1.82, 2.24) is 0 Å². The molecule has 3 aliphatic rings. The Kier molecular flexibility index (Phi) is 3.73. The van der Waals surface area contributed by atoms with Crippen LogP contribution in [-0.2, 0) is 14.3 Å². The number of hydrogen-bond donors (Lipinski definition) is 3. The van der Waals surface area contributed by atoms with Gasteiger partial charge in [0.2, 0.25) is 0 Å². The third kappa shape index (κ3) is 2.54. The van der Waals surface area contributed by atoms with Crippen molar-refractivity contribution in [2.24, 2.45) is 17.6 Å². The minimum Gasteiger partial charge on any atom is -0.488 e. The molecule has 4 rings (SSSR count). The molecule has 0 radical (unpaired) electrons. The maximum absolute atomic E-state index is 11.9. The summed E-state index contributed by atoms with van der Waals surface area (Å²) in [4.78, 5) is 23.1. The number of aliphatic carboxylic acids is 2. The van der Waals surface area contributed by atoms with Crippen molar-refractivity contribution < 1.29 is 24.5 Å². The number of hydrogen-bond acceptors (Lipinski definition) is 4. The summed E-state index contributed by atoms with van der Waals surface area (Å²) in [6.45, 7) is 0. The summed E-state index contributed by atoms with van der Waals surface area (Å²) in [6, 6.07) is 7.83. The average molecular weight is 353 g/mol. The van der Waals surface area contributed by atoms with Crippen LogP contribution in [0.4, 0.5) is 0 Å². The van der Waals surface area contributed by atoms with Crippen molar-refractivity contribution in [3.05, 3.63) is 58.5 Å². The Labute approximate surface area is 149 Å². The molecule has 1 aromatic rings. The number of carbonyl (C=O) groups is 2. The number of carboxylic acids is 2. The predicted octanol–water partition coefficient (Wildman–Crippen LogP) is 0.363. The zero-order valence-corrected chi connectivity index (χ0v) is 14.0. The first-order valence-electron chi connectivity index (χ1n) is 8.49. The van der Waals surface area contributed by atoms with E-state index in [1.807, 2.05) is 42.5 Å². The molecule has 26 heavy (non-hydrogen) atoms. The second-order valence-electron chi connectivity index (χ2n) is 7.09. The van der Waals surface area contributed by atoms with E-state index in [4.69, 9.17) is 15.6 Å². The second kappa shape index (κ2) is 5.85. The SMILES string of the molecule is N[C@@](CC1=CC=CC2=c3ccccc3=COC12)(C(=O)O)[C@H]1C[C@@H]1C(=O)O. The van der Waals surface area contributed by atoms with Gasteiger partial charge in [-0.05, 0) is 17.2 Å². The maximum Gasteiger partial charge on any atom is 0.324 e. The van der Waals surface area contributed by atoms with E-state index < -0.39 is 35.4 Å². The number of allylic oxidation sites excluding steroid dienone is 2. The van der Waals surface area contributed by atoms with Gasteiger partial charge in [-0.2, -0.15) is 0 Å². The van der Waals surface area contributed by atoms with Gasteiger partial charge in [-0.1, -0.05) is 42.5 Å². The van der Waals surface area contributed by atoms with Crippen molar-refractivity contribution in [3.8, 4) is 0 Å². The van der Waals surface area contributed by atoms with Gasteiger partial charge in [0.05, 0.1) is 12.2 Å². The van der Waals surface area contributed by atoms with E-state index >= 15 is 0 Å². The van der Waals surface area contributed by atoms with E-state index in [1.54, 1.807) is 6.26 Å². The summed E-state index contributed by atoms with van der Waals surface area (Å²) in [5.74, 6) is -3.44. The van der Waals surface area contributed by atoms with Crippen LogP contribution in [0.5, 0.6) is 0 Å². The van der Waals surface area contributed by atoms with Crippen molar-refractivity contribution in [3.63, 3.8) is 0 Å². The van der Waals surface area contributed by atoms with Crippen LogP contribution in [0.25, 0.3) is 11.8 Å². The molecule has 4 N–H and O–H groups in total. The van der Waals surface area contributed by atoms with Gasteiger partial charge in [0.1, 0.15) is 11.6 Å². The van der Waals surface area contributed by atoms with E-state index in [-0.39, 0.29) is 12.8 Å². The Balaban J connectivity index is 1.68. The molecule has 6 nitrogen and oxygen atoms in total. The molecule has 1 fully saturated rings. The molecule has 0 bridgehead atoms. The monoisotopic (exact) mass is 353 g/mol. The first-order valence-corrected chi connectivity index (χ1v) is 8.49. The molecular formula is C20H19NO5. The quantitative estimate of drug-likeness (QED) is 0.705. The van der Waals surface area contributed by atoms with Crippen LogP contribution in [0.1, 0.15) is 12.8 Å². The highest BCUT2D eigenvalue weighted by Gasteiger charge is 2.58. The molecule has 0 aromatic heterocycles.